The first-order valence-electron chi connectivity index (χ1n) is 7.21. The third kappa shape index (κ3) is 4.36. The van der Waals surface area contributed by atoms with E-state index in [1.807, 2.05) is 0 Å². The van der Waals surface area contributed by atoms with E-state index in [4.69, 9.17) is 4.74 Å². The van der Waals surface area contributed by atoms with Crippen LogP contribution in [0.1, 0.15) is 25.8 Å². The van der Waals surface area contributed by atoms with Gasteiger partial charge in [-0.05, 0) is 30.2 Å². The molecule has 3 nitrogen and oxygen atoms in total. The summed E-state index contributed by atoms with van der Waals surface area (Å²) in [5.74, 6) is -1.67. The maximum atomic E-state index is 13.8. The van der Waals surface area contributed by atoms with Crippen molar-refractivity contribution in [2.75, 3.05) is 6.61 Å². The molecular formula is C18H18F2O3. The fraction of sp³-hybridized carbons (Fsp3) is 0.278. The number of carbonyl (C=O) groups excluding carboxylic acids is 1. The summed E-state index contributed by atoms with van der Waals surface area (Å²) in [6.45, 7) is 3.03. The Morgan fingerprint density at radius 1 is 1.17 bits per heavy atom. The van der Waals surface area contributed by atoms with Gasteiger partial charge >= 0.3 is 5.97 Å². The number of ether oxygens (including phenoxy) is 1. The lowest BCUT2D eigenvalue weighted by molar-refractivity contribution is -0.142. The molecule has 0 bridgehead atoms. The molecule has 5 heteroatoms. The number of hydrogen-bond donors (Lipinski definition) is 1. The molecule has 0 heterocycles. The lowest BCUT2D eigenvalue weighted by atomic mass is 9.91. The Balaban J connectivity index is 2.16. The Morgan fingerprint density at radius 2 is 1.83 bits per heavy atom. The van der Waals surface area contributed by atoms with Crippen LogP contribution in [0, 0.1) is 11.6 Å². The molecule has 0 spiro atoms. The second-order valence-corrected chi connectivity index (χ2v) is 5.57. The monoisotopic (exact) mass is 320 g/mol. The van der Waals surface area contributed by atoms with Crippen molar-refractivity contribution in [3.8, 4) is 11.1 Å². The molecule has 0 fully saturated rings. The Hall–Kier alpha value is -2.27. The lowest BCUT2D eigenvalue weighted by Gasteiger charge is -2.23. The highest BCUT2D eigenvalue weighted by atomic mass is 19.1. The maximum absolute atomic E-state index is 13.8. The topological polar surface area (TPSA) is 46.5 Å². The van der Waals surface area contributed by atoms with E-state index in [0.29, 0.717) is 11.1 Å². The molecule has 2 rings (SSSR count). The van der Waals surface area contributed by atoms with Gasteiger partial charge in [0, 0.05) is 25.0 Å². The second kappa shape index (κ2) is 6.87. The zero-order valence-electron chi connectivity index (χ0n) is 13.0. The average Bonchev–Trinajstić information content (AvgIpc) is 2.47. The van der Waals surface area contributed by atoms with Crippen molar-refractivity contribution in [2.24, 2.45) is 0 Å². The van der Waals surface area contributed by atoms with Crippen LogP contribution in [0.5, 0.6) is 0 Å². The summed E-state index contributed by atoms with van der Waals surface area (Å²) < 4.78 is 31.6. The highest BCUT2D eigenvalue weighted by Crippen LogP contribution is 2.29. The first-order chi connectivity index (χ1) is 10.8. The highest BCUT2D eigenvalue weighted by molar-refractivity contribution is 5.66. The number of hydrogen-bond acceptors (Lipinski definition) is 3. The van der Waals surface area contributed by atoms with Crippen molar-refractivity contribution < 1.29 is 23.4 Å². The third-order valence-corrected chi connectivity index (χ3v) is 3.64. The summed E-state index contributed by atoms with van der Waals surface area (Å²) in [6.07, 6.45) is 0.247. The van der Waals surface area contributed by atoms with E-state index >= 15 is 0 Å². The van der Waals surface area contributed by atoms with E-state index in [1.165, 1.54) is 19.1 Å². The molecule has 0 aliphatic carbocycles. The lowest BCUT2D eigenvalue weighted by Crippen LogP contribution is -2.23. The quantitative estimate of drug-likeness (QED) is 0.853. The van der Waals surface area contributed by atoms with E-state index in [0.717, 1.165) is 6.07 Å². The van der Waals surface area contributed by atoms with Crippen LogP contribution in [0.4, 0.5) is 8.78 Å². The fourth-order valence-electron chi connectivity index (χ4n) is 2.27. The minimum atomic E-state index is -1.17. The number of rotatable bonds is 5. The Morgan fingerprint density at radius 3 is 2.39 bits per heavy atom. The number of esters is 1. The molecular weight excluding hydrogens is 302 g/mol. The normalized spacial score (nSPS) is 13.4. The van der Waals surface area contributed by atoms with E-state index in [-0.39, 0.29) is 18.6 Å². The molecule has 0 aromatic heterocycles. The van der Waals surface area contributed by atoms with Gasteiger partial charge in [-0.2, -0.15) is 0 Å². The molecule has 1 atom stereocenters. The second-order valence-electron chi connectivity index (χ2n) is 5.57. The Kier molecular flexibility index (Phi) is 5.11. The molecule has 0 aliphatic heterocycles. The van der Waals surface area contributed by atoms with Crippen LogP contribution < -0.4 is 0 Å². The van der Waals surface area contributed by atoms with Crippen molar-refractivity contribution in [3.63, 3.8) is 0 Å². The van der Waals surface area contributed by atoms with Gasteiger partial charge in [0.15, 0.2) is 0 Å². The number of benzene rings is 2. The van der Waals surface area contributed by atoms with Crippen LogP contribution in [0.3, 0.4) is 0 Å². The summed E-state index contributed by atoms with van der Waals surface area (Å²) >= 11 is 0. The molecule has 1 N–H and O–H groups in total. The van der Waals surface area contributed by atoms with Crippen LogP contribution in [-0.4, -0.2) is 17.7 Å². The highest BCUT2D eigenvalue weighted by Gasteiger charge is 2.23. The van der Waals surface area contributed by atoms with Crippen molar-refractivity contribution >= 4 is 5.97 Å². The van der Waals surface area contributed by atoms with Gasteiger partial charge in [-0.15, -0.1) is 0 Å². The smallest absolute Gasteiger partial charge is 0.302 e. The van der Waals surface area contributed by atoms with Gasteiger partial charge in [-0.1, -0.05) is 24.3 Å². The molecule has 0 radical (unpaired) electrons. The Bertz CT molecular complexity index is 694. The number of aliphatic hydroxyl groups is 1. The van der Waals surface area contributed by atoms with E-state index in [9.17, 15) is 18.7 Å². The summed E-state index contributed by atoms with van der Waals surface area (Å²) in [6, 6.07) is 10.1. The van der Waals surface area contributed by atoms with Gasteiger partial charge in [0.1, 0.15) is 11.6 Å². The molecule has 122 valence electrons. The van der Waals surface area contributed by atoms with Crippen LogP contribution >= 0.6 is 0 Å². The SMILES string of the molecule is CC(=O)OCCC(C)(O)c1ccc(-c2ccc(F)cc2F)cc1. The van der Waals surface area contributed by atoms with Crippen LogP contribution in [0.2, 0.25) is 0 Å². The molecule has 2 aromatic rings. The average molecular weight is 320 g/mol. The van der Waals surface area contributed by atoms with Crippen LogP contribution in [0.25, 0.3) is 11.1 Å². The zero-order valence-corrected chi connectivity index (χ0v) is 13.0. The van der Waals surface area contributed by atoms with E-state index in [2.05, 4.69) is 0 Å². The summed E-state index contributed by atoms with van der Waals surface area (Å²) in [4.78, 5) is 10.8. The predicted molar refractivity (Wildman–Crippen MR) is 82.6 cm³/mol. The summed E-state index contributed by atoms with van der Waals surface area (Å²) in [5, 5.41) is 10.4. The van der Waals surface area contributed by atoms with E-state index in [1.54, 1.807) is 31.2 Å². The van der Waals surface area contributed by atoms with Gasteiger partial charge in [-0.3, -0.25) is 4.79 Å². The van der Waals surface area contributed by atoms with Gasteiger partial charge in [0.05, 0.1) is 12.2 Å². The first kappa shape index (κ1) is 17.1. The van der Waals surface area contributed by atoms with Crippen molar-refractivity contribution in [3.05, 3.63) is 59.7 Å². The van der Waals surface area contributed by atoms with Gasteiger partial charge < -0.3 is 9.84 Å². The molecule has 0 saturated heterocycles. The van der Waals surface area contributed by atoms with Crippen LogP contribution in [-0.2, 0) is 15.1 Å². The summed E-state index contributed by atoms with van der Waals surface area (Å²) in [5.41, 5.74) is 0.324. The van der Waals surface area contributed by atoms with Crippen molar-refractivity contribution in [1.82, 2.24) is 0 Å². The van der Waals surface area contributed by atoms with E-state index < -0.39 is 23.2 Å². The molecule has 0 saturated carbocycles. The third-order valence-electron chi connectivity index (χ3n) is 3.64. The molecule has 0 aliphatic rings. The fourth-order valence-corrected chi connectivity index (χ4v) is 2.27. The van der Waals surface area contributed by atoms with Crippen molar-refractivity contribution in [1.29, 1.82) is 0 Å². The molecule has 2 aromatic carbocycles. The summed E-state index contributed by atoms with van der Waals surface area (Å²) in [7, 11) is 0. The largest absolute Gasteiger partial charge is 0.466 e. The Labute approximate surface area is 133 Å². The molecule has 0 amide bonds. The number of halogens is 2. The van der Waals surface area contributed by atoms with Crippen LogP contribution in [0.15, 0.2) is 42.5 Å². The minimum absolute atomic E-state index is 0.108. The minimum Gasteiger partial charge on any atom is -0.466 e. The predicted octanol–water partition coefficient (Wildman–Crippen LogP) is 3.79. The van der Waals surface area contributed by atoms with Gasteiger partial charge in [0.2, 0.25) is 0 Å². The zero-order chi connectivity index (χ0) is 17.0. The van der Waals surface area contributed by atoms with Gasteiger partial charge in [-0.25, -0.2) is 8.78 Å². The molecule has 23 heavy (non-hydrogen) atoms. The number of carbonyl (C=O) groups is 1. The molecule has 1 unspecified atom stereocenters. The standard InChI is InChI=1S/C18H18F2O3/c1-12(21)23-10-9-18(2,22)14-5-3-13(4-6-14)16-8-7-15(19)11-17(16)20/h3-8,11,22H,9-10H2,1-2H3. The first-order valence-corrected chi connectivity index (χ1v) is 7.21. The van der Waals surface area contributed by atoms with Gasteiger partial charge in [0.25, 0.3) is 0 Å². The van der Waals surface area contributed by atoms with Crippen molar-refractivity contribution in [2.45, 2.75) is 25.9 Å². The maximum Gasteiger partial charge on any atom is 0.302 e.